The summed E-state index contributed by atoms with van der Waals surface area (Å²) in [6.45, 7) is 0.694. The Balaban J connectivity index is 1.41. The Hall–Kier alpha value is -3.67. The van der Waals surface area contributed by atoms with Crippen LogP contribution in [0.5, 0.6) is 0 Å². The Morgan fingerprint density at radius 2 is 1.77 bits per heavy atom. The largest absolute Gasteiger partial charge is 0.465 e. The fourth-order valence-corrected chi connectivity index (χ4v) is 3.77. The topological polar surface area (TPSA) is 75.7 Å². The van der Waals surface area contributed by atoms with Crippen molar-refractivity contribution in [2.24, 2.45) is 5.92 Å². The summed E-state index contributed by atoms with van der Waals surface area (Å²) in [5.74, 6) is -0.994. The van der Waals surface area contributed by atoms with Gasteiger partial charge >= 0.3 is 5.97 Å². The number of fused-ring (bicyclic) bond motifs is 1. The molecule has 1 aliphatic heterocycles. The van der Waals surface area contributed by atoms with Crippen LogP contribution in [-0.2, 0) is 20.9 Å². The van der Waals surface area contributed by atoms with E-state index in [4.69, 9.17) is 0 Å². The predicted octanol–water partition coefficient (Wildman–Crippen LogP) is 3.30. The minimum atomic E-state index is -0.399. The molecule has 1 N–H and O–H groups in total. The van der Waals surface area contributed by atoms with Gasteiger partial charge in [-0.05, 0) is 29.1 Å². The standard InChI is InChI=1S/C24H22N2O4/c1-30-24(29)18-11-9-16(10-12-18)14-25-23(28)19-13-22(27)26(15-19)21-8-4-6-17-5-2-3-7-20(17)21/h2-12,19H,13-15H2,1H3,(H,25,28). The third kappa shape index (κ3) is 3.89. The summed E-state index contributed by atoms with van der Waals surface area (Å²) >= 11 is 0. The van der Waals surface area contributed by atoms with Crippen molar-refractivity contribution < 1.29 is 19.1 Å². The number of anilines is 1. The highest BCUT2D eigenvalue weighted by atomic mass is 16.5. The first-order valence-electron chi connectivity index (χ1n) is 9.80. The number of hydrogen-bond acceptors (Lipinski definition) is 4. The molecule has 3 aromatic carbocycles. The van der Waals surface area contributed by atoms with E-state index in [2.05, 4.69) is 10.1 Å². The summed E-state index contributed by atoms with van der Waals surface area (Å²) in [5.41, 5.74) is 2.16. The molecule has 1 aliphatic rings. The van der Waals surface area contributed by atoms with Crippen LogP contribution in [0.4, 0.5) is 5.69 Å². The van der Waals surface area contributed by atoms with Crippen molar-refractivity contribution in [3.8, 4) is 0 Å². The van der Waals surface area contributed by atoms with E-state index in [1.165, 1.54) is 7.11 Å². The summed E-state index contributed by atoms with van der Waals surface area (Å²) in [5, 5.41) is 4.96. The second kappa shape index (κ2) is 8.37. The number of benzene rings is 3. The first kappa shape index (κ1) is 19.6. The maximum absolute atomic E-state index is 12.7. The van der Waals surface area contributed by atoms with Crippen LogP contribution in [0.3, 0.4) is 0 Å². The molecular weight excluding hydrogens is 380 g/mol. The smallest absolute Gasteiger partial charge is 0.337 e. The Labute approximate surface area is 174 Å². The van der Waals surface area contributed by atoms with E-state index < -0.39 is 11.9 Å². The van der Waals surface area contributed by atoms with Crippen molar-refractivity contribution in [3.05, 3.63) is 77.9 Å². The van der Waals surface area contributed by atoms with Crippen molar-refractivity contribution in [2.75, 3.05) is 18.6 Å². The zero-order valence-corrected chi connectivity index (χ0v) is 16.6. The second-order valence-corrected chi connectivity index (χ2v) is 7.31. The first-order chi connectivity index (χ1) is 14.6. The van der Waals surface area contributed by atoms with Crippen molar-refractivity contribution in [1.29, 1.82) is 0 Å². The third-order valence-electron chi connectivity index (χ3n) is 5.40. The van der Waals surface area contributed by atoms with Crippen molar-refractivity contribution in [3.63, 3.8) is 0 Å². The molecule has 2 amide bonds. The first-order valence-corrected chi connectivity index (χ1v) is 9.80. The number of rotatable bonds is 5. The fraction of sp³-hybridized carbons (Fsp3) is 0.208. The van der Waals surface area contributed by atoms with Crippen molar-refractivity contribution in [2.45, 2.75) is 13.0 Å². The molecule has 1 fully saturated rings. The molecule has 6 heteroatoms. The lowest BCUT2D eigenvalue weighted by atomic mass is 10.1. The Morgan fingerprint density at radius 3 is 2.53 bits per heavy atom. The normalized spacial score (nSPS) is 16.0. The van der Waals surface area contributed by atoms with Crippen LogP contribution in [0, 0.1) is 5.92 Å². The SMILES string of the molecule is COC(=O)c1ccc(CNC(=O)C2CC(=O)N(c3cccc4ccccc34)C2)cc1. The highest BCUT2D eigenvalue weighted by molar-refractivity contribution is 6.07. The van der Waals surface area contributed by atoms with Crippen LogP contribution in [0.2, 0.25) is 0 Å². The molecular formula is C24H22N2O4. The quantitative estimate of drug-likeness (QED) is 0.665. The number of methoxy groups -OCH3 is 1. The van der Waals surface area contributed by atoms with Gasteiger partial charge in [-0.3, -0.25) is 9.59 Å². The third-order valence-corrected chi connectivity index (χ3v) is 5.40. The average molecular weight is 402 g/mol. The number of nitrogens with one attached hydrogen (secondary N) is 1. The van der Waals surface area contributed by atoms with Crippen LogP contribution in [0.15, 0.2) is 66.7 Å². The highest BCUT2D eigenvalue weighted by Gasteiger charge is 2.35. The number of nitrogens with zero attached hydrogens (tertiary/aromatic N) is 1. The Kier molecular flexibility index (Phi) is 5.48. The van der Waals surface area contributed by atoms with Gasteiger partial charge in [0.1, 0.15) is 0 Å². The molecule has 1 saturated heterocycles. The molecule has 1 heterocycles. The van der Waals surface area contributed by atoms with Gasteiger partial charge in [-0.2, -0.15) is 0 Å². The number of amides is 2. The maximum Gasteiger partial charge on any atom is 0.337 e. The molecule has 6 nitrogen and oxygen atoms in total. The molecule has 0 spiro atoms. The van der Waals surface area contributed by atoms with E-state index in [-0.39, 0.29) is 18.2 Å². The van der Waals surface area contributed by atoms with Gasteiger partial charge in [0.25, 0.3) is 0 Å². The van der Waals surface area contributed by atoms with Crippen LogP contribution in [0.25, 0.3) is 10.8 Å². The molecule has 0 saturated carbocycles. The summed E-state index contributed by atoms with van der Waals surface area (Å²) in [6, 6.07) is 20.6. The van der Waals surface area contributed by atoms with Crippen molar-refractivity contribution >= 4 is 34.2 Å². The Bertz CT molecular complexity index is 1100. The van der Waals surface area contributed by atoms with E-state index in [1.807, 2.05) is 42.5 Å². The van der Waals surface area contributed by atoms with Crippen LogP contribution in [-0.4, -0.2) is 31.4 Å². The van der Waals surface area contributed by atoms with Crippen molar-refractivity contribution in [1.82, 2.24) is 5.32 Å². The monoisotopic (exact) mass is 402 g/mol. The summed E-state index contributed by atoms with van der Waals surface area (Å²) < 4.78 is 4.68. The lowest BCUT2D eigenvalue weighted by Crippen LogP contribution is -2.32. The Morgan fingerprint density at radius 1 is 1.03 bits per heavy atom. The fourth-order valence-electron chi connectivity index (χ4n) is 3.77. The highest BCUT2D eigenvalue weighted by Crippen LogP contribution is 2.31. The zero-order chi connectivity index (χ0) is 21.1. The molecule has 1 atom stereocenters. The maximum atomic E-state index is 12.7. The van der Waals surface area contributed by atoms with Crippen LogP contribution in [0.1, 0.15) is 22.3 Å². The zero-order valence-electron chi connectivity index (χ0n) is 16.6. The number of carbonyl (C=O) groups excluding carboxylic acids is 3. The average Bonchev–Trinajstić information content (AvgIpc) is 3.18. The summed E-state index contributed by atoms with van der Waals surface area (Å²) in [7, 11) is 1.33. The van der Waals surface area contributed by atoms with Crippen LogP contribution >= 0.6 is 0 Å². The molecule has 0 radical (unpaired) electrons. The lowest BCUT2D eigenvalue weighted by Gasteiger charge is -2.19. The second-order valence-electron chi connectivity index (χ2n) is 7.31. The summed E-state index contributed by atoms with van der Waals surface area (Å²) in [4.78, 5) is 38.5. The predicted molar refractivity (Wildman–Crippen MR) is 114 cm³/mol. The number of hydrogen-bond donors (Lipinski definition) is 1. The molecule has 4 rings (SSSR count). The molecule has 0 bridgehead atoms. The molecule has 0 aliphatic carbocycles. The van der Waals surface area contributed by atoms with E-state index in [0.29, 0.717) is 18.7 Å². The van der Waals surface area contributed by atoms with Gasteiger partial charge < -0.3 is 15.0 Å². The van der Waals surface area contributed by atoms with Gasteiger partial charge in [-0.25, -0.2) is 4.79 Å². The van der Waals surface area contributed by atoms with Gasteiger partial charge in [0.15, 0.2) is 0 Å². The van der Waals surface area contributed by atoms with Crippen LogP contribution < -0.4 is 10.2 Å². The lowest BCUT2D eigenvalue weighted by molar-refractivity contribution is -0.126. The van der Waals surface area contributed by atoms with Gasteiger partial charge in [0.2, 0.25) is 11.8 Å². The number of carbonyl (C=O) groups is 3. The van der Waals surface area contributed by atoms with E-state index in [0.717, 1.165) is 22.0 Å². The van der Waals surface area contributed by atoms with Gasteiger partial charge in [-0.15, -0.1) is 0 Å². The molecule has 152 valence electrons. The molecule has 3 aromatic rings. The van der Waals surface area contributed by atoms with E-state index >= 15 is 0 Å². The van der Waals surface area contributed by atoms with E-state index in [1.54, 1.807) is 29.2 Å². The molecule has 1 unspecified atom stereocenters. The van der Waals surface area contributed by atoms with E-state index in [9.17, 15) is 14.4 Å². The van der Waals surface area contributed by atoms with Gasteiger partial charge in [0, 0.05) is 24.9 Å². The van der Waals surface area contributed by atoms with Gasteiger partial charge in [0.05, 0.1) is 24.3 Å². The molecule has 30 heavy (non-hydrogen) atoms. The number of esters is 1. The van der Waals surface area contributed by atoms with Gasteiger partial charge in [-0.1, -0.05) is 48.5 Å². The number of ether oxygens (including phenoxy) is 1. The minimum Gasteiger partial charge on any atom is -0.465 e. The molecule has 0 aromatic heterocycles. The summed E-state index contributed by atoms with van der Waals surface area (Å²) in [6.07, 6.45) is 0.191. The minimum absolute atomic E-state index is 0.0473.